The molecular formula is C14H24O3S. The molecule has 3 nitrogen and oxygen atoms in total. The van der Waals surface area contributed by atoms with Crippen LogP contribution in [-0.2, 0) is 14.3 Å². The molecule has 4 heteroatoms. The Morgan fingerprint density at radius 1 is 1.11 bits per heavy atom. The van der Waals surface area contributed by atoms with Gasteiger partial charge in [0.05, 0.1) is 19.8 Å². The Morgan fingerprint density at radius 3 is 2.44 bits per heavy atom. The molecule has 2 heterocycles. The van der Waals surface area contributed by atoms with E-state index in [1.807, 2.05) is 6.92 Å². The molecule has 0 radical (unpaired) electrons. The van der Waals surface area contributed by atoms with Gasteiger partial charge in [-0.2, -0.15) is 11.8 Å². The average Bonchev–Trinajstić information content (AvgIpc) is 2.72. The molecule has 2 atom stereocenters. The number of hydrogen-bond acceptors (Lipinski definition) is 4. The summed E-state index contributed by atoms with van der Waals surface area (Å²) in [7, 11) is 0. The predicted molar refractivity (Wildman–Crippen MR) is 74.1 cm³/mol. The van der Waals surface area contributed by atoms with Crippen LogP contribution in [0.4, 0.5) is 0 Å². The summed E-state index contributed by atoms with van der Waals surface area (Å²) in [6.45, 7) is 4.50. The van der Waals surface area contributed by atoms with Crippen molar-refractivity contribution >= 4 is 17.5 Å². The van der Waals surface area contributed by atoms with Gasteiger partial charge in [-0.05, 0) is 32.6 Å². The minimum Gasteiger partial charge on any atom is -0.379 e. The highest BCUT2D eigenvalue weighted by molar-refractivity contribution is 8.00. The van der Waals surface area contributed by atoms with Gasteiger partial charge < -0.3 is 9.47 Å². The second-order valence-electron chi connectivity index (χ2n) is 5.15. The van der Waals surface area contributed by atoms with Crippen LogP contribution < -0.4 is 0 Å². The highest BCUT2D eigenvalue weighted by Crippen LogP contribution is 2.46. The van der Waals surface area contributed by atoms with Crippen LogP contribution in [0, 0.1) is 5.92 Å². The third-order valence-corrected chi connectivity index (χ3v) is 5.44. The van der Waals surface area contributed by atoms with E-state index in [4.69, 9.17) is 9.47 Å². The van der Waals surface area contributed by atoms with E-state index >= 15 is 0 Å². The lowest BCUT2D eigenvalue weighted by molar-refractivity contribution is -0.124. The van der Waals surface area contributed by atoms with Crippen LogP contribution >= 0.6 is 11.8 Å². The maximum absolute atomic E-state index is 12.1. The van der Waals surface area contributed by atoms with Crippen molar-refractivity contribution in [1.82, 2.24) is 0 Å². The molecular weight excluding hydrogens is 248 g/mol. The van der Waals surface area contributed by atoms with Crippen LogP contribution in [0.15, 0.2) is 0 Å². The molecule has 104 valence electrons. The normalized spacial score (nSPS) is 30.6. The Bertz CT molecular complexity index is 258. The molecule has 2 saturated heterocycles. The van der Waals surface area contributed by atoms with Crippen molar-refractivity contribution in [2.75, 3.05) is 26.4 Å². The van der Waals surface area contributed by atoms with E-state index < -0.39 is 0 Å². The van der Waals surface area contributed by atoms with E-state index in [2.05, 4.69) is 11.8 Å². The second-order valence-corrected chi connectivity index (χ2v) is 6.76. The first kappa shape index (κ1) is 14.4. The number of hydrogen-bond donors (Lipinski definition) is 0. The maximum atomic E-state index is 12.1. The van der Waals surface area contributed by atoms with Crippen LogP contribution in [0.25, 0.3) is 0 Å². The van der Waals surface area contributed by atoms with Crippen molar-refractivity contribution in [3.05, 3.63) is 0 Å². The van der Waals surface area contributed by atoms with E-state index in [0.29, 0.717) is 37.9 Å². The monoisotopic (exact) mass is 272 g/mol. The Balaban J connectivity index is 1.57. The zero-order valence-electron chi connectivity index (χ0n) is 11.2. The zero-order valence-corrected chi connectivity index (χ0v) is 12.0. The van der Waals surface area contributed by atoms with Crippen LogP contribution in [0.2, 0.25) is 0 Å². The van der Waals surface area contributed by atoms with E-state index in [9.17, 15) is 4.79 Å². The lowest BCUT2D eigenvalue weighted by Gasteiger charge is -2.26. The highest BCUT2D eigenvalue weighted by atomic mass is 32.2. The van der Waals surface area contributed by atoms with Crippen LogP contribution in [-0.4, -0.2) is 42.7 Å². The average molecular weight is 272 g/mol. The van der Waals surface area contributed by atoms with Gasteiger partial charge in [0, 0.05) is 29.4 Å². The summed E-state index contributed by atoms with van der Waals surface area (Å²) in [6, 6.07) is 0. The molecule has 2 aliphatic heterocycles. The summed E-state index contributed by atoms with van der Waals surface area (Å²) in [5.41, 5.74) is 0. The molecule has 2 aliphatic rings. The van der Waals surface area contributed by atoms with Crippen molar-refractivity contribution in [3.8, 4) is 0 Å². The standard InChI is InChI=1S/C14H24O3S/c1-2-16-7-8-17-6-5-14(15)11-9-12-3-4-13(10-11)18-12/h11-13H,2-10H2,1H3. The van der Waals surface area contributed by atoms with E-state index in [-0.39, 0.29) is 0 Å². The minimum atomic E-state index is 0.319. The van der Waals surface area contributed by atoms with Gasteiger partial charge in [-0.25, -0.2) is 0 Å². The fourth-order valence-electron chi connectivity index (χ4n) is 2.86. The SMILES string of the molecule is CCOCCOCCC(=O)C1CC2CCC(C1)S2. The Kier molecular flexibility index (Phi) is 5.99. The molecule has 18 heavy (non-hydrogen) atoms. The van der Waals surface area contributed by atoms with E-state index in [0.717, 1.165) is 29.9 Å². The van der Waals surface area contributed by atoms with Gasteiger partial charge in [-0.1, -0.05) is 0 Å². The zero-order chi connectivity index (χ0) is 12.8. The summed E-state index contributed by atoms with van der Waals surface area (Å²) in [5.74, 6) is 0.739. The summed E-state index contributed by atoms with van der Waals surface area (Å²) in [5, 5.41) is 1.52. The molecule has 2 bridgehead atoms. The fourth-order valence-corrected chi connectivity index (χ4v) is 4.64. The predicted octanol–water partition coefficient (Wildman–Crippen LogP) is 2.67. The molecule has 0 aromatic carbocycles. The number of carbonyl (C=O) groups excluding carboxylic acids is 1. The number of ether oxygens (including phenoxy) is 2. The smallest absolute Gasteiger partial charge is 0.138 e. The van der Waals surface area contributed by atoms with Crippen LogP contribution in [0.3, 0.4) is 0 Å². The van der Waals surface area contributed by atoms with Crippen LogP contribution in [0.5, 0.6) is 0 Å². The number of rotatable bonds is 8. The number of carbonyl (C=O) groups is 1. The molecule has 0 aromatic heterocycles. The van der Waals surface area contributed by atoms with Gasteiger partial charge >= 0.3 is 0 Å². The fraction of sp³-hybridized carbons (Fsp3) is 0.929. The second kappa shape index (κ2) is 7.51. The first-order valence-electron chi connectivity index (χ1n) is 7.13. The number of ketones is 1. The molecule has 2 rings (SSSR count). The van der Waals surface area contributed by atoms with E-state index in [1.165, 1.54) is 12.8 Å². The first-order valence-corrected chi connectivity index (χ1v) is 8.07. The topological polar surface area (TPSA) is 35.5 Å². The highest BCUT2D eigenvalue weighted by Gasteiger charge is 2.37. The molecule has 2 unspecified atom stereocenters. The largest absolute Gasteiger partial charge is 0.379 e. The van der Waals surface area contributed by atoms with Crippen molar-refractivity contribution in [3.63, 3.8) is 0 Å². The Hall–Kier alpha value is -0.0600. The summed E-state index contributed by atoms with van der Waals surface area (Å²) >= 11 is 2.11. The van der Waals surface area contributed by atoms with Gasteiger partial charge in [0.2, 0.25) is 0 Å². The number of fused-ring (bicyclic) bond motifs is 2. The summed E-state index contributed by atoms with van der Waals surface area (Å²) < 4.78 is 10.6. The summed E-state index contributed by atoms with van der Waals surface area (Å²) in [6.07, 6.45) is 5.45. The molecule has 0 aliphatic carbocycles. The van der Waals surface area contributed by atoms with Crippen molar-refractivity contribution in [1.29, 1.82) is 0 Å². The van der Waals surface area contributed by atoms with Gasteiger partial charge in [-0.3, -0.25) is 4.79 Å². The van der Waals surface area contributed by atoms with Gasteiger partial charge in [-0.15, -0.1) is 0 Å². The number of Topliss-reactive ketones (excluding diaryl/α,β-unsaturated/α-hetero) is 1. The molecule has 0 spiro atoms. The minimum absolute atomic E-state index is 0.319. The van der Waals surface area contributed by atoms with Gasteiger partial charge in [0.15, 0.2) is 0 Å². The lowest BCUT2D eigenvalue weighted by Crippen LogP contribution is -2.25. The van der Waals surface area contributed by atoms with Crippen molar-refractivity contribution in [2.24, 2.45) is 5.92 Å². The third-order valence-electron chi connectivity index (χ3n) is 3.81. The van der Waals surface area contributed by atoms with Crippen molar-refractivity contribution in [2.45, 2.75) is 49.5 Å². The molecule has 0 saturated carbocycles. The molecule has 0 aromatic rings. The van der Waals surface area contributed by atoms with E-state index in [1.54, 1.807) is 0 Å². The third kappa shape index (κ3) is 4.25. The van der Waals surface area contributed by atoms with Crippen molar-refractivity contribution < 1.29 is 14.3 Å². The first-order chi connectivity index (χ1) is 8.79. The summed E-state index contributed by atoms with van der Waals surface area (Å²) in [4.78, 5) is 12.1. The molecule has 0 amide bonds. The Morgan fingerprint density at radius 2 is 1.78 bits per heavy atom. The molecule has 2 fully saturated rings. The Labute approximate surface area is 114 Å². The lowest BCUT2D eigenvalue weighted by atomic mass is 9.93. The van der Waals surface area contributed by atoms with Crippen LogP contribution in [0.1, 0.15) is 39.0 Å². The number of thioether (sulfide) groups is 1. The van der Waals surface area contributed by atoms with Gasteiger partial charge in [0.1, 0.15) is 5.78 Å². The van der Waals surface area contributed by atoms with Gasteiger partial charge in [0.25, 0.3) is 0 Å². The maximum Gasteiger partial charge on any atom is 0.138 e. The quantitative estimate of drug-likeness (QED) is 0.636. The molecule has 0 N–H and O–H groups in total.